The number of fused-ring (bicyclic) bond motifs is 1. The van der Waals surface area contributed by atoms with Gasteiger partial charge in [-0.1, -0.05) is 41.9 Å². The smallest absolute Gasteiger partial charge is 0.142 e. The number of aryl methyl sites for hydroxylation is 1. The van der Waals surface area contributed by atoms with Crippen molar-refractivity contribution in [3.8, 4) is 16.2 Å². The monoisotopic (exact) mass is 381 g/mol. The molecule has 1 N–H and O–H groups in total. The Morgan fingerprint density at radius 2 is 1.85 bits per heavy atom. The third-order valence-electron chi connectivity index (χ3n) is 3.98. The molecule has 0 atom stereocenters. The minimum atomic E-state index is 0.551. The van der Waals surface area contributed by atoms with Crippen LogP contribution in [0.2, 0.25) is 5.02 Å². The lowest BCUT2D eigenvalue weighted by molar-refractivity contribution is 0.415. The number of anilines is 2. The molecule has 0 bridgehead atoms. The number of aromatic nitrogens is 2. The summed E-state index contributed by atoms with van der Waals surface area (Å²) in [7, 11) is 1.60. The molecule has 26 heavy (non-hydrogen) atoms. The van der Waals surface area contributed by atoms with Crippen molar-refractivity contribution in [2.24, 2.45) is 0 Å². The molecular formula is C20H16ClN3OS. The summed E-state index contributed by atoms with van der Waals surface area (Å²) in [6, 6.07) is 18.0. The maximum absolute atomic E-state index is 6.23. The van der Waals surface area contributed by atoms with Crippen LogP contribution in [0.1, 0.15) is 5.82 Å². The van der Waals surface area contributed by atoms with Crippen molar-refractivity contribution in [1.29, 1.82) is 0 Å². The number of ether oxygens (including phenoxy) is 1. The summed E-state index contributed by atoms with van der Waals surface area (Å²) in [5.74, 6) is 2.14. The van der Waals surface area contributed by atoms with Gasteiger partial charge in [-0.3, -0.25) is 0 Å². The molecule has 0 unspecified atom stereocenters. The number of methoxy groups -OCH3 is 1. The first-order chi connectivity index (χ1) is 12.6. The van der Waals surface area contributed by atoms with Gasteiger partial charge in [0.1, 0.15) is 22.2 Å². The molecule has 0 saturated heterocycles. The molecule has 0 aliphatic heterocycles. The minimum absolute atomic E-state index is 0.551. The van der Waals surface area contributed by atoms with E-state index < -0.39 is 0 Å². The van der Waals surface area contributed by atoms with Crippen molar-refractivity contribution in [1.82, 2.24) is 9.97 Å². The molecule has 2 heterocycles. The molecule has 4 aromatic rings. The van der Waals surface area contributed by atoms with Crippen LogP contribution in [0.15, 0.2) is 54.6 Å². The van der Waals surface area contributed by atoms with Gasteiger partial charge < -0.3 is 10.1 Å². The van der Waals surface area contributed by atoms with Gasteiger partial charge in [0.25, 0.3) is 0 Å². The lowest BCUT2D eigenvalue weighted by Crippen LogP contribution is -1.98. The second-order valence-corrected chi connectivity index (χ2v) is 7.23. The van der Waals surface area contributed by atoms with Gasteiger partial charge in [0.05, 0.1) is 17.5 Å². The zero-order chi connectivity index (χ0) is 18.1. The Hall–Kier alpha value is -2.63. The van der Waals surface area contributed by atoms with Crippen LogP contribution in [0.3, 0.4) is 0 Å². The lowest BCUT2D eigenvalue weighted by atomic mass is 10.2. The summed E-state index contributed by atoms with van der Waals surface area (Å²) in [5, 5.41) is 4.90. The van der Waals surface area contributed by atoms with E-state index in [1.807, 2.05) is 43.3 Å². The molecule has 0 fully saturated rings. The lowest BCUT2D eigenvalue weighted by Gasteiger charge is -2.09. The third kappa shape index (κ3) is 3.23. The van der Waals surface area contributed by atoms with Crippen molar-refractivity contribution in [3.63, 3.8) is 0 Å². The van der Waals surface area contributed by atoms with Crippen LogP contribution < -0.4 is 10.1 Å². The fraction of sp³-hybridized carbons (Fsp3) is 0.100. The largest absolute Gasteiger partial charge is 0.495 e. The highest BCUT2D eigenvalue weighted by Gasteiger charge is 2.12. The van der Waals surface area contributed by atoms with Gasteiger partial charge in [0.2, 0.25) is 0 Å². The summed E-state index contributed by atoms with van der Waals surface area (Å²) in [4.78, 5) is 11.3. The topological polar surface area (TPSA) is 47.0 Å². The molecule has 2 aromatic heterocycles. The Morgan fingerprint density at radius 3 is 2.58 bits per heavy atom. The van der Waals surface area contributed by atoms with E-state index in [9.17, 15) is 0 Å². The number of thiophene rings is 1. The Balaban J connectivity index is 1.77. The Morgan fingerprint density at radius 1 is 1.04 bits per heavy atom. The van der Waals surface area contributed by atoms with E-state index in [1.165, 1.54) is 5.56 Å². The molecular weight excluding hydrogens is 366 g/mol. The summed E-state index contributed by atoms with van der Waals surface area (Å²) >= 11 is 7.90. The van der Waals surface area contributed by atoms with E-state index in [0.29, 0.717) is 10.8 Å². The van der Waals surface area contributed by atoms with Crippen LogP contribution in [0.25, 0.3) is 20.7 Å². The number of rotatable bonds is 4. The summed E-state index contributed by atoms with van der Waals surface area (Å²) < 4.78 is 5.21. The zero-order valence-corrected chi connectivity index (χ0v) is 15.9. The average Bonchev–Trinajstić information content (AvgIpc) is 3.07. The molecule has 0 radical (unpaired) electrons. The molecule has 4 rings (SSSR count). The fourth-order valence-electron chi connectivity index (χ4n) is 2.75. The fourth-order valence-corrected chi connectivity index (χ4v) is 4.09. The molecule has 0 amide bonds. The first kappa shape index (κ1) is 16.8. The maximum atomic E-state index is 6.23. The minimum Gasteiger partial charge on any atom is -0.495 e. The van der Waals surface area contributed by atoms with E-state index in [2.05, 4.69) is 33.5 Å². The van der Waals surface area contributed by atoms with Crippen molar-refractivity contribution >= 4 is 44.7 Å². The van der Waals surface area contributed by atoms with Crippen LogP contribution >= 0.6 is 22.9 Å². The van der Waals surface area contributed by atoms with Crippen LogP contribution in [-0.2, 0) is 0 Å². The molecule has 4 nitrogen and oxygen atoms in total. The van der Waals surface area contributed by atoms with E-state index in [-0.39, 0.29) is 0 Å². The molecule has 2 aromatic carbocycles. The third-order valence-corrected chi connectivity index (χ3v) is 5.35. The van der Waals surface area contributed by atoms with E-state index in [4.69, 9.17) is 16.3 Å². The Bertz CT molecular complexity index is 1080. The van der Waals surface area contributed by atoms with Crippen LogP contribution in [0.4, 0.5) is 11.5 Å². The van der Waals surface area contributed by atoms with Crippen molar-refractivity contribution in [2.45, 2.75) is 6.92 Å². The second kappa shape index (κ2) is 6.94. The SMILES string of the molecule is COc1ccc(Nc2nc(C)nc3sc(-c4ccccc4)cc23)cc1Cl. The molecule has 0 saturated carbocycles. The molecule has 0 aliphatic rings. The second-order valence-electron chi connectivity index (χ2n) is 5.79. The first-order valence-electron chi connectivity index (χ1n) is 8.08. The highest BCUT2D eigenvalue weighted by Crippen LogP contribution is 2.37. The van der Waals surface area contributed by atoms with Gasteiger partial charge >= 0.3 is 0 Å². The number of nitrogens with one attached hydrogen (secondary N) is 1. The molecule has 6 heteroatoms. The van der Waals surface area contributed by atoms with Crippen LogP contribution in [0, 0.1) is 6.92 Å². The van der Waals surface area contributed by atoms with E-state index in [0.717, 1.165) is 32.4 Å². The van der Waals surface area contributed by atoms with Gasteiger partial charge in [-0.25, -0.2) is 9.97 Å². The number of hydrogen-bond donors (Lipinski definition) is 1. The number of halogens is 1. The van der Waals surface area contributed by atoms with Gasteiger partial charge in [0, 0.05) is 10.6 Å². The zero-order valence-electron chi connectivity index (χ0n) is 14.3. The Kier molecular flexibility index (Phi) is 4.49. The Labute approximate surface area is 160 Å². The van der Waals surface area contributed by atoms with E-state index >= 15 is 0 Å². The van der Waals surface area contributed by atoms with E-state index in [1.54, 1.807) is 18.4 Å². The molecule has 0 spiro atoms. The van der Waals surface area contributed by atoms with Gasteiger partial charge in [0.15, 0.2) is 0 Å². The maximum Gasteiger partial charge on any atom is 0.142 e. The first-order valence-corrected chi connectivity index (χ1v) is 9.27. The predicted molar refractivity (Wildman–Crippen MR) is 109 cm³/mol. The number of nitrogens with zero attached hydrogens (tertiary/aromatic N) is 2. The standard InChI is InChI=1S/C20H16ClN3OS/c1-12-22-19(24-14-8-9-17(25-2)16(21)10-14)15-11-18(26-20(15)23-12)13-6-4-3-5-7-13/h3-11H,1-2H3,(H,22,23,24). The van der Waals surface area contributed by atoms with Gasteiger partial charge in [-0.05, 0) is 36.8 Å². The van der Waals surface area contributed by atoms with Gasteiger partial charge in [-0.2, -0.15) is 0 Å². The highest BCUT2D eigenvalue weighted by atomic mass is 35.5. The van der Waals surface area contributed by atoms with Crippen LogP contribution in [0.5, 0.6) is 5.75 Å². The quantitative estimate of drug-likeness (QED) is 0.466. The summed E-state index contributed by atoms with van der Waals surface area (Å²) in [5.41, 5.74) is 2.02. The number of hydrogen-bond acceptors (Lipinski definition) is 5. The number of benzene rings is 2. The predicted octanol–water partition coefficient (Wildman–Crippen LogP) is 6.07. The van der Waals surface area contributed by atoms with Crippen LogP contribution in [-0.4, -0.2) is 17.1 Å². The summed E-state index contributed by atoms with van der Waals surface area (Å²) in [6.07, 6.45) is 0. The van der Waals surface area contributed by atoms with Crippen molar-refractivity contribution in [2.75, 3.05) is 12.4 Å². The average molecular weight is 382 g/mol. The molecule has 130 valence electrons. The normalized spacial score (nSPS) is 10.9. The molecule has 0 aliphatic carbocycles. The summed E-state index contributed by atoms with van der Waals surface area (Å²) in [6.45, 7) is 1.90. The van der Waals surface area contributed by atoms with Gasteiger partial charge in [-0.15, -0.1) is 11.3 Å². The van der Waals surface area contributed by atoms with Crippen molar-refractivity contribution < 1.29 is 4.74 Å². The van der Waals surface area contributed by atoms with Crippen molar-refractivity contribution in [3.05, 3.63) is 65.4 Å². The highest BCUT2D eigenvalue weighted by molar-refractivity contribution is 7.21.